The van der Waals surface area contributed by atoms with Crippen molar-refractivity contribution in [1.82, 2.24) is 19.9 Å². The van der Waals surface area contributed by atoms with Crippen LogP contribution < -0.4 is 10.6 Å². The van der Waals surface area contributed by atoms with Gasteiger partial charge in [0.1, 0.15) is 17.3 Å². The van der Waals surface area contributed by atoms with Crippen LogP contribution in [0.2, 0.25) is 0 Å². The number of anilines is 3. The Hall–Kier alpha value is -3.09. The highest BCUT2D eigenvalue weighted by Crippen LogP contribution is 2.26. The predicted molar refractivity (Wildman–Crippen MR) is 94.0 cm³/mol. The van der Waals surface area contributed by atoms with Crippen LogP contribution in [0, 0.1) is 5.95 Å². The third-order valence-corrected chi connectivity index (χ3v) is 4.08. The molecule has 3 aromatic heterocycles. The molecular weight excluding hydrogens is 319 g/mol. The summed E-state index contributed by atoms with van der Waals surface area (Å²) in [6, 6.07) is 10.8. The second-order valence-corrected chi connectivity index (χ2v) is 5.94. The van der Waals surface area contributed by atoms with E-state index in [1.54, 1.807) is 12.3 Å². The molecule has 3 heterocycles. The van der Waals surface area contributed by atoms with Crippen molar-refractivity contribution in [1.29, 1.82) is 0 Å². The zero-order valence-electron chi connectivity index (χ0n) is 13.5. The molecular formula is C18H17FN6. The first-order chi connectivity index (χ1) is 12.3. The van der Waals surface area contributed by atoms with Gasteiger partial charge in [-0.05, 0) is 43.5 Å². The monoisotopic (exact) mass is 336 g/mol. The van der Waals surface area contributed by atoms with E-state index >= 15 is 0 Å². The molecule has 25 heavy (non-hydrogen) atoms. The van der Waals surface area contributed by atoms with Crippen molar-refractivity contribution < 1.29 is 4.39 Å². The molecule has 0 bridgehead atoms. The minimum absolute atomic E-state index is 0.451. The summed E-state index contributed by atoms with van der Waals surface area (Å²) < 4.78 is 13.0. The molecule has 1 saturated carbocycles. The minimum atomic E-state index is -0.519. The van der Waals surface area contributed by atoms with Crippen molar-refractivity contribution in [2.75, 3.05) is 10.6 Å². The molecule has 7 heteroatoms. The summed E-state index contributed by atoms with van der Waals surface area (Å²) in [5, 5.41) is 6.57. The van der Waals surface area contributed by atoms with Crippen molar-refractivity contribution in [3.05, 3.63) is 54.7 Å². The highest BCUT2D eigenvalue weighted by Gasteiger charge is 2.18. The number of rotatable bonds is 5. The lowest BCUT2D eigenvalue weighted by Crippen LogP contribution is -2.27. The smallest absolute Gasteiger partial charge is 0.212 e. The molecule has 3 aromatic rings. The number of nitrogens with zero attached hydrogens (tertiary/aromatic N) is 4. The maximum absolute atomic E-state index is 13.0. The van der Waals surface area contributed by atoms with Crippen molar-refractivity contribution in [2.24, 2.45) is 0 Å². The fraction of sp³-hybridized carbons (Fsp3) is 0.222. The zero-order valence-corrected chi connectivity index (χ0v) is 13.5. The van der Waals surface area contributed by atoms with E-state index in [9.17, 15) is 4.39 Å². The van der Waals surface area contributed by atoms with Gasteiger partial charge in [0.05, 0.1) is 11.9 Å². The molecule has 0 amide bonds. The van der Waals surface area contributed by atoms with Gasteiger partial charge in [0.25, 0.3) is 0 Å². The first-order valence-corrected chi connectivity index (χ1v) is 8.22. The standard InChI is InChI=1S/C18H17FN6/c19-15-8-7-13(11-21-15)23-17-10-16(22-12-4-3-5-12)24-18(25-17)14-6-1-2-9-20-14/h1-2,6-12H,3-5H2,(H2,22,23,24,25). The molecule has 4 rings (SSSR count). The van der Waals surface area contributed by atoms with Gasteiger partial charge in [-0.15, -0.1) is 0 Å². The topological polar surface area (TPSA) is 75.6 Å². The predicted octanol–water partition coefficient (Wildman–Crippen LogP) is 3.78. The van der Waals surface area contributed by atoms with Gasteiger partial charge in [0, 0.05) is 18.3 Å². The summed E-state index contributed by atoms with van der Waals surface area (Å²) in [7, 11) is 0. The van der Waals surface area contributed by atoms with Gasteiger partial charge in [-0.2, -0.15) is 4.39 Å². The molecule has 2 N–H and O–H groups in total. The molecule has 0 radical (unpaired) electrons. The normalized spacial score (nSPS) is 14.0. The SMILES string of the molecule is Fc1ccc(Nc2cc(NC3CCC3)nc(-c3ccccn3)n2)cn1. The average molecular weight is 336 g/mol. The fourth-order valence-electron chi connectivity index (χ4n) is 2.55. The van der Waals surface area contributed by atoms with Crippen LogP contribution >= 0.6 is 0 Å². The van der Waals surface area contributed by atoms with Gasteiger partial charge < -0.3 is 10.6 Å². The van der Waals surface area contributed by atoms with Gasteiger partial charge in [0.2, 0.25) is 5.95 Å². The molecule has 126 valence electrons. The van der Waals surface area contributed by atoms with Crippen molar-refractivity contribution in [3.63, 3.8) is 0 Å². The van der Waals surface area contributed by atoms with Crippen LogP contribution in [0.25, 0.3) is 11.5 Å². The molecule has 0 saturated heterocycles. The summed E-state index contributed by atoms with van der Waals surface area (Å²) in [5.41, 5.74) is 1.35. The Bertz CT molecular complexity index is 849. The van der Waals surface area contributed by atoms with E-state index in [-0.39, 0.29) is 0 Å². The quantitative estimate of drug-likeness (QED) is 0.691. The van der Waals surface area contributed by atoms with E-state index in [2.05, 4.69) is 30.6 Å². The molecule has 0 spiro atoms. The van der Waals surface area contributed by atoms with Crippen LogP contribution in [0.4, 0.5) is 21.7 Å². The van der Waals surface area contributed by atoms with E-state index in [4.69, 9.17) is 0 Å². The maximum atomic E-state index is 13.0. The Balaban J connectivity index is 1.66. The van der Waals surface area contributed by atoms with Crippen LogP contribution in [0.1, 0.15) is 19.3 Å². The number of hydrogen-bond donors (Lipinski definition) is 2. The summed E-state index contributed by atoms with van der Waals surface area (Å²) in [5.74, 6) is 1.36. The highest BCUT2D eigenvalue weighted by atomic mass is 19.1. The van der Waals surface area contributed by atoms with Gasteiger partial charge >= 0.3 is 0 Å². The Morgan fingerprint density at radius 3 is 2.56 bits per heavy atom. The van der Waals surface area contributed by atoms with Crippen LogP contribution in [-0.2, 0) is 0 Å². The van der Waals surface area contributed by atoms with E-state index in [1.807, 2.05) is 24.3 Å². The molecule has 0 aromatic carbocycles. The molecule has 0 unspecified atom stereocenters. The average Bonchev–Trinajstić information content (AvgIpc) is 2.61. The van der Waals surface area contributed by atoms with Crippen LogP contribution in [0.5, 0.6) is 0 Å². The number of nitrogens with one attached hydrogen (secondary N) is 2. The molecule has 1 aliphatic rings. The number of aromatic nitrogens is 4. The van der Waals surface area contributed by atoms with Crippen molar-refractivity contribution in [2.45, 2.75) is 25.3 Å². The van der Waals surface area contributed by atoms with Gasteiger partial charge in [0.15, 0.2) is 5.82 Å². The molecule has 1 aliphatic carbocycles. The lowest BCUT2D eigenvalue weighted by Gasteiger charge is -2.27. The Morgan fingerprint density at radius 1 is 1.00 bits per heavy atom. The van der Waals surface area contributed by atoms with E-state index in [1.165, 1.54) is 18.7 Å². The fourth-order valence-corrected chi connectivity index (χ4v) is 2.55. The number of halogens is 1. The third-order valence-electron chi connectivity index (χ3n) is 4.08. The lowest BCUT2D eigenvalue weighted by molar-refractivity contribution is 0.444. The molecule has 0 aliphatic heterocycles. The first kappa shape index (κ1) is 15.4. The van der Waals surface area contributed by atoms with Gasteiger partial charge in [-0.3, -0.25) is 4.98 Å². The molecule has 6 nitrogen and oxygen atoms in total. The third kappa shape index (κ3) is 3.71. The van der Waals surface area contributed by atoms with Crippen molar-refractivity contribution in [3.8, 4) is 11.5 Å². The van der Waals surface area contributed by atoms with Crippen molar-refractivity contribution >= 4 is 17.3 Å². The van der Waals surface area contributed by atoms with E-state index in [0.29, 0.717) is 29.1 Å². The Morgan fingerprint density at radius 2 is 1.88 bits per heavy atom. The lowest BCUT2D eigenvalue weighted by atomic mass is 9.93. The largest absolute Gasteiger partial charge is 0.367 e. The summed E-state index contributed by atoms with van der Waals surface area (Å²) in [6.07, 6.45) is 6.67. The van der Waals surface area contributed by atoms with E-state index < -0.39 is 5.95 Å². The Labute approximate surface area is 144 Å². The highest BCUT2D eigenvalue weighted by molar-refractivity contribution is 5.63. The van der Waals surface area contributed by atoms with Gasteiger partial charge in [-0.1, -0.05) is 6.07 Å². The van der Waals surface area contributed by atoms with Crippen LogP contribution in [0.15, 0.2) is 48.8 Å². The molecule has 1 fully saturated rings. The van der Waals surface area contributed by atoms with Crippen LogP contribution in [-0.4, -0.2) is 26.0 Å². The summed E-state index contributed by atoms with van der Waals surface area (Å²) in [6.45, 7) is 0. The number of hydrogen-bond acceptors (Lipinski definition) is 6. The summed E-state index contributed by atoms with van der Waals surface area (Å²) in [4.78, 5) is 17.1. The molecule has 0 atom stereocenters. The van der Waals surface area contributed by atoms with Gasteiger partial charge in [-0.25, -0.2) is 15.0 Å². The second-order valence-electron chi connectivity index (χ2n) is 5.94. The number of pyridine rings is 2. The second kappa shape index (κ2) is 6.80. The zero-order chi connectivity index (χ0) is 17.1. The first-order valence-electron chi connectivity index (χ1n) is 8.22. The van der Waals surface area contributed by atoms with E-state index in [0.717, 1.165) is 18.7 Å². The van der Waals surface area contributed by atoms with Crippen LogP contribution in [0.3, 0.4) is 0 Å². The Kier molecular flexibility index (Phi) is 4.20. The summed E-state index contributed by atoms with van der Waals surface area (Å²) >= 11 is 0. The maximum Gasteiger partial charge on any atom is 0.212 e. The minimum Gasteiger partial charge on any atom is -0.367 e.